The van der Waals surface area contributed by atoms with Crippen LogP contribution in [0.2, 0.25) is 5.02 Å². The third kappa shape index (κ3) is 5.55. The molecule has 0 unspecified atom stereocenters. The van der Waals surface area contributed by atoms with E-state index in [0.29, 0.717) is 12.3 Å². The third-order valence-electron chi connectivity index (χ3n) is 3.32. The fraction of sp³-hybridized carbons (Fsp3) is 0.188. The van der Waals surface area contributed by atoms with Crippen molar-refractivity contribution in [2.24, 2.45) is 0 Å². The van der Waals surface area contributed by atoms with E-state index in [9.17, 15) is 31.9 Å². The molecule has 144 valence electrons. The lowest BCUT2D eigenvalue weighted by molar-refractivity contribution is -0.137. The van der Waals surface area contributed by atoms with Gasteiger partial charge in [-0.2, -0.15) is 13.2 Å². The summed E-state index contributed by atoms with van der Waals surface area (Å²) in [5.74, 6) is -2.07. The number of rotatable bonds is 5. The number of benzene rings is 1. The predicted molar refractivity (Wildman–Crippen MR) is 89.1 cm³/mol. The van der Waals surface area contributed by atoms with Crippen LogP contribution >= 0.6 is 11.6 Å². The summed E-state index contributed by atoms with van der Waals surface area (Å²) in [6.45, 7) is -0.185. The summed E-state index contributed by atoms with van der Waals surface area (Å²) in [6, 6.07) is 3.65. The van der Waals surface area contributed by atoms with E-state index in [1.807, 2.05) is 10.3 Å². The molecule has 0 bridgehead atoms. The van der Waals surface area contributed by atoms with Gasteiger partial charge in [0, 0.05) is 19.2 Å². The van der Waals surface area contributed by atoms with Crippen molar-refractivity contribution in [1.82, 2.24) is 10.3 Å². The second-order valence-electron chi connectivity index (χ2n) is 5.31. The maximum absolute atomic E-state index is 12.9. The van der Waals surface area contributed by atoms with Gasteiger partial charge in [-0.15, -0.1) is 0 Å². The number of H-pyrrole nitrogens is 1. The number of aromatic nitrogens is 1. The summed E-state index contributed by atoms with van der Waals surface area (Å²) >= 11 is 5.73. The number of anilines is 1. The van der Waals surface area contributed by atoms with E-state index in [1.54, 1.807) is 0 Å². The normalized spacial score (nSPS) is 11.1. The average molecular weight is 406 g/mol. The number of pyridine rings is 1. The van der Waals surface area contributed by atoms with E-state index in [0.717, 1.165) is 18.2 Å². The molecule has 2 rings (SSSR count). The van der Waals surface area contributed by atoms with E-state index in [1.165, 1.54) is 0 Å². The van der Waals surface area contributed by atoms with E-state index >= 15 is 0 Å². The Hall–Kier alpha value is -2.88. The molecule has 1 aromatic heterocycles. The molecule has 0 spiro atoms. The summed E-state index contributed by atoms with van der Waals surface area (Å²) in [5.41, 5.74) is -2.61. The SMILES string of the molecule is O=C(CCNC(=O)c1ccc(F)cc1Cl)Nc1cc(C(F)(F)F)c[nH]c1=O. The third-order valence-corrected chi connectivity index (χ3v) is 3.63. The monoisotopic (exact) mass is 405 g/mol. The van der Waals surface area contributed by atoms with Crippen molar-refractivity contribution >= 4 is 29.1 Å². The van der Waals surface area contributed by atoms with Crippen molar-refractivity contribution in [2.75, 3.05) is 11.9 Å². The van der Waals surface area contributed by atoms with Crippen LogP contribution in [0.25, 0.3) is 0 Å². The molecule has 6 nitrogen and oxygen atoms in total. The van der Waals surface area contributed by atoms with Gasteiger partial charge in [0.05, 0.1) is 16.1 Å². The molecule has 0 radical (unpaired) electrons. The lowest BCUT2D eigenvalue weighted by Crippen LogP contribution is -2.29. The van der Waals surface area contributed by atoms with Crippen LogP contribution in [0.3, 0.4) is 0 Å². The number of hydrogen-bond donors (Lipinski definition) is 3. The fourth-order valence-corrected chi connectivity index (χ4v) is 2.26. The van der Waals surface area contributed by atoms with Crippen molar-refractivity contribution in [2.45, 2.75) is 12.6 Å². The van der Waals surface area contributed by atoms with Gasteiger partial charge in [0.25, 0.3) is 11.5 Å². The highest BCUT2D eigenvalue weighted by Crippen LogP contribution is 2.29. The number of carbonyl (C=O) groups is 2. The maximum atomic E-state index is 12.9. The predicted octanol–water partition coefficient (Wildman–Crippen LogP) is 2.94. The topological polar surface area (TPSA) is 91.1 Å². The zero-order chi connectivity index (χ0) is 20.2. The summed E-state index contributed by atoms with van der Waals surface area (Å²) in [7, 11) is 0. The maximum Gasteiger partial charge on any atom is 0.417 e. The first-order valence-electron chi connectivity index (χ1n) is 7.41. The zero-order valence-electron chi connectivity index (χ0n) is 13.4. The molecule has 0 aliphatic rings. The van der Waals surface area contributed by atoms with Crippen LogP contribution in [0.5, 0.6) is 0 Å². The lowest BCUT2D eigenvalue weighted by Gasteiger charge is -2.10. The highest BCUT2D eigenvalue weighted by Gasteiger charge is 2.31. The number of hydrogen-bond acceptors (Lipinski definition) is 3. The molecule has 2 amide bonds. The molecule has 2 aromatic rings. The number of halogens is 5. The molecule has 0 aliphatic carbocycles. The van der Waals surface area contributed by atoms with Crippen LogP contribution in [0.15, 0.2) is 35.3 Å². The van der Waals surface area contributed by atoms with Crippen LogP contribution in [-0.4, -0.2) is 23.3 Å². The highest BCUT2D eigenvalue weighted by atomic mass is 35.5. The van der Waals surface area contributed by atoms with Gasteiger partial charge in [0.2, 0.25) is 5.91 Å². The molecule has 3 N–H and O–H groups in total. The Morgan fingerprint density at radius 1 is 1.19 bits per heavy atom. The smallest absolute Gasteiger partial charge is 0.351 e. The van der Waals surface area contributed by atoms with Crippen molar-refractivity contribution in [3.05, 3.63) is 62.8 Å². The quantitative estimate of drug-likeness (QED) is 0.668. The largest absolute Gasteiger partial charge is 0.417 e. The molecule has 11 heteroatoms. The number of carbonyl (C=O) groups excluding carboxylic acids is 2. The Labute approximate surface area is 154 Å². The first-order chi connectivity index (χ1) is 12.6. The van der Waals surface area contributed by atoms with Crippen molar-refractivity contribution in [1.29, 1.82) is 0 Å². The van der Waals surface area contributed by atoms with Gasteiger partial charge in [-0.1, -0.05) is 11.6 Å². The number of aromatic amines is 1. The summed E-state index contributed by atoms with van der Waals surface area (Å²) < 4.78 is 50.8. The second-order valence-corrected chi connectivity index (χ2v) is 5.71. The molecule has 27 heavy (non-hydrogen) atoms. The van der Waals surface area contributed by atoms with E-state index < -0.39 is 40.6 Å². The molecular weight excluding hydrogens is 394 g/mol. The van der Waals surface area contributed by atoms with E-state index in [4.69, 9.17) is 11.6 Å². The van der Waals surface area contributed by atoms with Gasteiger partial charge in [-0.25, -0.2) is 4.39 Å². The van der Waals surface area contributed by atoms with Crippen molar-refractivity contribution in [3.8, 4) is 0 Å². The highest BCUT2D eigenvalue weighted by molar-refractivity contribution is 6.33. The van der Waals surface area contributed by atoms with Gasteiger partial charge in [-0.05, 0) is 24.3 Å². The van der Waals surface area contributed by atoms with Crippen molar-refractivity contribution < 1.29 is 27.2 Å². The number of amides is 2. The molecule has 0 saturated carbocycles. The summed E-state index contributed by atoms with van der Waals surface area (Å²) in [5, 5.41) is 4.28. The minimum Gasteiger partial charge on any atom is -0.351 e. The van der Waals surface area contributed by atoms with E-state index in [-0.39, 0.29) is 23.6 Å². The Morgan fingerprint density at radius 2 is 1.89 bits per heavy atom. The van der Waals surface area contributed by atoms with Crippen LogP contribution in [-0.2, 0) is 11.0 Å². The lowest BCUT2D eigenvalue weighted by atomic mass is 10.2. The standard InChI is InChI=1S/C16H12ClF4N3O3/c17-11-6-9(18)1-2-10(11)14(26)22-4-3-13(25)24-12-5-8(16(19,20)21)7-23-15(12)27/h1-2,5-7H,3-4H2,(H,22,26)(H,23,27)(H,24,25). The molecule has 0 fully saturated rings. The van der Waals surface area contributed by atoms with Gasteiger partial charge in [0.1, 0.15) is 11.5 Å². The summed E-state index contributed by atoms with van der Waals surface area (Å²) in [4.78, 5) is 37.1. The minimum absolute atomic E-state index is 0.00667. The molecule has 1 aromatic carbocycles. The number of alkyl halides is 3. The first kappa shape index (κ1) is 20.4. The fourth-order valence-electron chi connectivity index (χ4n) is 2.01. The average Bonchev–Trinajstić information content (AvgIpc) is 2.55. The Morgan fingerprint density at radius 3 is 2.52 bits per heavy atom. The van der Waals surface area contributed by atoms with Crippen LogP contribution in [0, 0.1) is 5.82 Å². The zero-order valence-corrected chi connectivity index (χ0v) is 14.2. The van der Waals surface area contributed by atoms with Gasteiger partial charge < -0.3 is 15.6 Å². The Balaban J connectivity index is 1.93. The van der Waals surface area contributed by atoms with Crippen molar-refractivity contribution in [3.63, 3.8) is 0 Å². The summed E-state index contributed by atoms with van der Waals surface area (Å²) in [6.07, 6.45) is -4.52. The molecular formula is C16H12ClF4N3O3. The molecule has 0 aliphatic heterocycles. The Kier molecular flexibility index (Phi) is 6.21. The van der Waals surface area contributed by atoms with Crippen LogP contribution < -0.4 is 16.2 Å². The van der Waals surface area contributed by atoms with Gasteiger partial charge in [0.15, 0.2) is 0 Å². The molecule has 0 saturated heterocycles. The van der Waals surface area contributed by atoms with Gasteiger partial charge >= 0.3 is 6.18 Å². The first-order valence-corrected chi connectivity index (χ1v) is 7.79. The van der Waals surface area contributed by atoms with E-state index in [2.05, 4.69) is 5.32 Å². The molecule has 0 atom stereocenters. The Bertz CT molecular complexity index is 928. The minimum atomic E-state index is -4.69. The van der Waals surface area contributed by atoms with Crippen LogP contribution in [0.1, 0.15) is 22.3 Å². The number of nitrogens with one attached hydrogen (secondary N) is 3. The molecule has 1 heterocycles. The second kappa shape index (κ2) is 8.21. The van der Waals surface area contributed by atoms with Gasteiger partial charge in [-0.3, -0.25) is 14.4 Å². The van der Waals surface area contributed by atoms with Crippen LogP contribution in [0.4, 0.5) is 23.2 Å².